The second kappa shape index (κ2) is 11.8. The average molecular weight is 561 g/mol. The minimum atomic E-state index is -4.40. The van der Waals surface area contributed by atoms with Crippen molar-refractivity contribution in [2.45, 2.75) is 74.5 Å². The topological polar surface area (TPSA) is 120 Å². The van der Waals surface area contributed by atoms with E-state index in [1.165, 1.54) is 23.9 Å². The van der Waals surface area contributed by atoms with Crippen LogP contribution >= 0.6 is 11.8 Å². The number of nitrogens with one attached hydrogen (secondary N) is 2. The molecule has 3 heterocycles. The number of aliphatic hydroxyl groups is 3. The summed E-state index contributed by atoms with van der Waals surface area (Å²) in [6.07, 6.45) is -5.78. The van der Waals surface area contributed by atoms with Crippen molar-refractivity contribution in [2.75, 3.05) is 19.4 Å². The lowest BCUT2D eigenvalue weighted by molar-refractivity contribution is -0.208. The van der Waals surface area contributed by atoms with E-state index >= 15 is 0 Å². The summed E-state index contributed by atoms with van der Waals surface area (Å²) in [6, 6.07) is 3.70. The number of halogens is 3. The van der Waals surface area contributed by atoms with Gasteiger partial charge in [-0.2, -0.15) is 13.2 Å². The van der Waals surface area contributed by atoms with Crippen LogP contribution in [-0.2, 0) is 20.4 Å². The van der Waals surface area contributed by atoms with Crippen molar-refractivity contribution in [1.82, 2.24) is 10.6 Å². The largest absolute Gasteiger partial charge is 0.416 e. The lowest BCUT2D eigenvalue weighted by Gasteiger charge is -2.44. The summed E-state index contributed by atoms with van der Waals surface area (Å²) < 4.78 is 50.8. The third kappa shape index (κ3) is 6.06. The highest BCUT2D eigenvalue weighted by Crippen LogP contribution is 2.35. The van der Waals surface area contributed by atoms with Gasteiger partial charge >= 0.3 is 6.18 Å². The highest BCUT2D eigenvalue weighted by molar-refractivity contribution is 7.99. The van der Waals surface area contributed by atoms with Gasteiger partial charge in [-0.15, -0.1) is 11.8 Å². The SMILES string of the molecule is CSC1O[C@H]([C@H](NC(=O)[C@H]2NC[C@@H]3CC(c4ccc(C(F)(F)F)cc4)=CCO[C@H]32)C(C)C)C(O)C(O)[C@H]1O. The molecular formula is C26H35F3N2O6S. The number of rotatable bonds is 6. The number of thioether (sulfide) groups is 1. The lowest BCUT2D eigenvalue weighted by Crippen LogP contribution is -2.65. The second-order valence-electron chi connectivity index (χ2n) is 10.4. The first kappa shape index (κ1) is 29.3. The summed E-state index contributed by atoms with van der Waals surface area (Å²) in [6.45, 7) is 4.41. The molecule has 0 bridgehead atoms. The number of ether oxygens (including phenoxy) is 2. The van der Waals surface area contributed by atoms with Gasteiger partial charge in [-0.1, -0.05) is 32.1 Å². The van der Waals surface area contributed by atoms with Gasteiger partial charge in [-0.25, -0.2) is 0 Å². The molecule has 4 rings (SSSR count). The van der Waals surface area contributed by atoms with Crippen molar-refractivity contribution < 1.29 is 42.8 Å². The van der Waals surface area contributed by atoms with E-state index in [1.54, 1.807) is 6.26 Å². The fourth-order valence-electron chi connectivity index (χ4n) is 5.43. The Bertz CT molecular complexity index is 1010. The van der Waals surface area contributed by atoms with E-state index in [2.05, 4.69) is 10.6 Å². The zero-order valence-electron chi connectivity index (χ0n) is 21.4. The van der Waals surface area contributed by atoms with Crippen LogP contribution in [0.3, 0.4) is 0 Å². The van der Waals surface area contributed by atoms with Gasteiger partial charge in [-0.05, 0) is 41.9 Å². The Morgan fingerprint density at radius 3 is 2.42 bits per heavy atom. The van der Waals surface area contributed by atoms with Crippen LogP contribution < -0.4 is 10.6 Å². The Labute approximate surface area is 224 Å². The van der Waals surface area contributed by atoms with E-state index in [1.807, 2.05) is 19.9 Å². The molecule has 38 heavy (non-hydrogen) atoms. The lowest BCUT2D eigenvalue weighted by atomic mass is 9.88. The van der Waals surface area contributed by atoms with Gasteiger partial charge in [0.1, 0.15) is 35.9 Å². The van der Waals surface area contributed by atoms with Gasteiger partial charge in [0.25, 0.3) is 0 Å². The second-order valence-corrected chi connectivity index (χ2v) is 11.3. The molecule has 9 atom stereocenters. The van der Waals surface area contributed by atoms with Gasteiger partial charge in [0.2, 0.25) is 5.91 Å². The first-order valence-electron chi connectivity index (χ1n) is 12.7. The molecule has 1 aromatic carbocycles. The molecule has 5 N–H and O–H groups in total. The van der Waals surface area contributed by atoms with Gasteiger partial charge in [0.15, 0.2) is 0 Å². The third-order valence-corrected chi connectivity index (χ3v) is 8.43. The Balaban J connectivity index is 1.43. The zero-order valence-corrected chi connectivity index (χ0v) is 22.2. The number of benzene rings is 1. The van der Waals surface area contributed by atoms with Crippen LogP contribution in [-0.4, -0.2) is 88.7 Å². The van der Waals surface area contributed by atoms with Crippen molar-refractivity contribution >= 4 is 23.2 Å². The van der Waals surface area contributed by atoms with Crippen molar-refractivity contribution in [1.29, 1.82) is 0 Å². The van der Waals surface area contributed by atoms with Crippen LogP contribution in [0.4, 0.5) is 13.2 Å². The standard InChI is InChI=1S/C26H35F3N2O6S/c1-12(2)17(23-20(33)19(32)21(34)25(37-23)38-3)31-24(35)18-22-15(11-30-18)10-14(8-9-36-22)13-4-6-16(7-5-13)26(27,28)29/h4-8,12,15,17-23,25,30,32-34H,9-11H2,1-3H3,(H,31,35)/t15-,17+,18-,19?,20?,21+,22+,23+,25?/m0/s1. The van der Waals surface area contributed by atoms with E-state index < -0.39 is 59.8 Å². The number of hydrogen-bond acceptors (Lipinski definition) is 8. The number of amides is 1. The number of alkyl halides is 3. The first-order valence-corrected chi connectivity index (χ1v) is 14.0. The fourth-order valence-corrected chi connectivity index (χ4v) is 6.11. The Hall–Kier alpha value is -1.67. The maximum absolute atomic E-state index is 13.4. The number of fused-ring (bicyclic) bond motifs is 1. The van der Waals surface area contributed by atoms with Crippen LogP contribution in [0.15, 0.2) is 30.3 Å². The number of carbonyl (C=O) groups excluding carboxylic acids is 1. The first-order chi connectivity index (χ1) is 17.9. The quantitative estimate of drug-likeness (QED) is 0.357. The molecule has 212 valence electrons. The summed E-state index contributed by atoms with van der Waals surface area (Å²) in [5.41, 5.74) is 0.0815. The van der Waals surface area contributed by atoms with Crippen LogP contribution in [0.2, 0.25) is 0 Å². The maximum Gasteiger partial charge on any atom is 0.416 e. The Morgan fingerprint density at radius 1 is 1.13 bits per heavy atom. The van der Waals surface area contributed by atoms with Crippen molar-refractivity contribution in [3.05, 3.63) is 41.5 Å². The molecule has 0 aromatic heterocycles. The molecule has 0 saturated carbocycles. The van der Waals surface area contributed by atoms with Crippen molar-refractivity contribution in [2.24, 2.45) is 11.8 Å². The monoisotopic (exact) mass is 560 g/mol. The molecular weight excluding hydrogens is 525 g/mol. The van der Waals surface area contributed by atoms with Crippen molar-refractivity contribution in [3.8, 4) is 0 Å². The molecule has 8 nitrogen and oxygen atoms in total. The van der Waals surface area contributed by atoms with Crippen LogP contribution in [0.1, 0.15) is 31.4 Å². The molecule has 1 amide bonds. The fraction of sp³-hybridized carbons (Fsp3) is 0.654. The van der Waals surface area contributed by atoms with E-state index in [0.717, 1.165) is 17.7 Å². The molecule has 3 aliphatic heterocycles. The average Bonchev–Trinajstić information content (AvgIpc) is 3.15. The number of hydrogen-bond donors (Lipinski definition) is 5. The Morgan fingerprint density at radius 2 is 1.82 bits per heavy atom. The summed E-state index contributed by atoms with van der Waals surface area (Å²) in [7, 11) is 0. The third-order valence-electron chi connectivity index (χ3n) is 7.58. The molecule has 3 aliphatic rings. The highest BCUT2D eigenvalue weighted by atomic mass is 32.2. The Kier molecular flexibility index (Phi) is 9.13. The zero-order chi connectivity index (χ0) is 27.8. The van der Waals surface area contributed by atoms with E-state index in [4.69, 9.17) is 9.47 Å². The molecule has 12 heteroatoms. The molecule has 1 aromatic rings. The minimum absolute atomic E-state index is 0.0753. The maximum atomic E-state index is 13.4. The summed E-state index contributed by atoms with van der Waals surface area (Å²) in [5, 5.41) is 37.4. The van der Waals surface area contributed by atoms with Gasteiger partial charge < -0.3 is 35.4 Å². The number of allylic oxidation sites excluding steroid dienone is 1. The summed E-state index contributed by atoms with van der Waals surface area (Å²) in [5.74, 6) is -0.580. The highest BCUT2D eigenvalue weighted by Gasteiger charge is 2.49. The normalized spacial score (nSPS) is 34.8. The van der Waals surface area contributed by atoms with E-state index in [0.29, 0.717) is 18.5 Å². The van der Waals surface area contributed by atoms with E-state index in [-0.39, 0.29) is 24.3 Å². The number of carbonyl (C=O) groups is 1. The van der Waals surface area contributed by atoms with E-state index in [9.17, 15) is 33.3 Å². The number of aliphatic hydroxyl groups excluding tert-OH is 3. The van der Waals surface area contributed by atoms with Crippen molar-refractivity contribution in [3.63, 3.8) is 0 Å². The molecule has 0 spiro atoms. The van der Waals surface area contributed by atoms with Gasteiger partial charge in [0.05, 0.1) is 24.3 Å². The molecule has 3 unspecified atom stereocenters. The molecule has 2 fully saturated rings. The van der Waals surface area contributed by atoms with Gasteiger partial charge in [-0.3, -0.25) is 4.79 Å². The van der Waals surface area contributed by atoms with Crippen LogP contribution in [0.5, 0.6) is 0 Å². The predicted molar refractivity (Wildman–Crippen MR) is 136 cm³/mol. The minimum Gasteiger partial charge on any atom is -0.388 e. The molecule has 2 saturated heterocycles. The smallest absolute Gasteiger partial charge is 0.388 e. The molecule has 0 aliphatic carbocycles. The van der Waals surface area contributed by atoms with Crippen LogP contribution in [0.25, 0.3) is 5.57 Å². The summed E-state index contributed by atoms with van der Waals surface area (Å²) in [4.78, 5) is 13.4. The summed E-state index contributed by atoms with van der Waals surface area (Å²) >= 11 is 1.20. The van der Waals surface area contributed by atoms with Crippen LogP contribution in [0, 0.1) is 11.8 Å². The van der Waals surface area contributed by atoms with Gasteiger partial charge in [0, 0.05) is 12.5 Å². The predicted octanol–water partition coefficient (Wildman–Crippen LogP) is 1.78. The molecule has 0 radical (unpaired) electrons.